The lowest BCUT2D eigenvalue weighted by Gasteiger charge is -2.18. The second-order valence-corrected chi connectivity index (χ2v) is 9.31. The van der Waals surface area contributed by atoms with Crippen LogP contribution in [0.2, 0.25) is 0 Å². The van der Waals surface area contributed by atoms with E-state index in [9.17, 15) is 4.79 Å². The fraction of sp³-hybridized carbons (Fsp3) is 0.290. The Morgan fingerprint density at radius 1 is 1.05 bits per heavy atom. The standard InChI is InChI=1S/C31H32N4O5/c1-7-39-26-14-20(4)24(17-23(26)19(2)3)30-34-25-11-9-8-10-22(25)31(36)35(30)33-18-21-15-27(37-5)29(40-13-12-32)28(16-21)38-6/h8-11,14-19H,7,13H2,1-6H3. The van der Waals surface area contributed by atoms with Gasteiger partial charge in [0.25, 0.3) is 5.56 Å². The van der Waals surface area contributed by atoms with E-state index in [0.717, 1.165) is 22.4 Å². The Bertz CT molecular complexity index is 1640. The molecule has 9 heteroatoms. The van der Waals surface area contributed by atoms with Gasteiger partial charge in [0.05, 0.1) is 37.9 Å². The maximum atomic E-state index is 13.7. The third-order valence-electron chi connectivity index (χ3n) is 6.36. The maximum Gasteiger partial charge on any atom is 0.282 e. The summed E-state index contributed by atoms with van der Waals surface area (Å²) in [6, 6.07) is 16.5. The summed E-state index contributed by atoms with van der Waals surface area (Å²) in [4.78, 5) is 18.6. The molecule has 0 radical (unpaired) electrons. The van der Waals surface area contributed by atoms with Crippen molar-refractivity contribution in [1.29, 1.82) is 5.26 Å². The zero-order valence-electron chi connectivity index (χ0n) is 23.5. The van der Waals surface area contributed by atoms with E-state index in [2.05, 4.69) is 18.9 Å². The van der Waals surface area contributed by atoms with E-state index in [1.807, 2.05) is 44.2 Å². The number of nitrogens with zero attached hydrogens (tertiary/aromatic N) is 4. The topological polar surface area (TPSA) is 108 Å². The van der Waals surface area contributed by atoms with Crippen LogP contribution in [0.5, 0.6) is 23.0 Å². The molecule has 9 nitrogen and oxygen atoms in total. The van der Waals surface area contributed by atoms with Crippen molar-refractivity contribution in [3.8, 4) is 40.5 Å². The van der Waals surface area contributed by atoms with Gasteiger partial charge in [0, 0.05) is 11.1 Å². The molecule has 0 aliphatic rings. The Kier molecular flexibility index (Phi) is 8.70. The minimum atomic E-state index is -0.302. The average Bonchev–Trinajstić information content (AvgIpc) is 2.95. The van der Waals surface area contributed by atoms with Crippen molar-refractivity contribution in [2.24, 2.45) is 5.10 Å². The summed E-state index contributed by atoms with van der Waals surface area (Å²) in [5.74, 6) is 2.45. The number of fused-ring (bicyclic) bond motifs is 1. The van der Waals surface area contributed by atoms with Crippen molar-refractivity contribution in [1.82, 2.24) is 9.66 Å². The maximum absolute atomic E-state index is 13.7. The van der Waals surface area contributed by atoms with Crippen molar-refractivity contribution in [3.05, 3.63) is 75.6 Å². The molecule has 0 atom stereocenters. The van der Waals surface area contributed by atoms with Crippen LogP contribution in [0.25, 0.3) is 22.3 Å². The second kappa shape index (κ2) is 12.3. The SMILES string of the molecule is CCOc1cc(C)c(-c2nc3ccccc3c(=O)n2N=Cc2cc(OC)c(OCC#N)c(OC)c2)cc1C(C)C. The smallest absolute Gasteiger partial charge is 0.282 e. The number of hydrogen-bond donors (Lipinski definition) is 0. The molecule has 0 aliphatic carbocycles. The highest BCUT2D eigenvalue weighted by atomic mass is 16.5. The van der Waals surface area contributed by atoms with Gasteiger partial charge in [-0.25, -0.2) is 4.98 Å². The first-order valence-electron chi connectivity index (χ1n) is 12.9. The number of nitriles is 1. The highest BCUT2D eigenvalue weighted by Gasteiger charge is 2.19. The minimum absolute atomic E-state index is 0.165. The zero-order chi connectivity index (χ0) is 28.8. The molecular formula is C31H32N4O5. The summed E-state index contributed by atoms with van der Waals surface area (Å²) in [6.07, 6.45) is 1.54. The minimum Gasteiger partial charge on any atom is -0.494 e. The lowest BCUT2D eigenvalue weighted by molar-refractivity contribution is 0.303. The highest BCUT2D eigenvalue weighted by Crippen LogP contribution is 2.38. The van der Waals surface area contributed by atoms with Gasteiger partial charge in [0.15, 0.2) is 23.9 Å². The third kappa shape index (κ3) is 5.61. The summed E-state index contributed by atoms with van der Waals surface area (Å²) < 4.78 is 23.7. The Balaban J connectivity index is 1.93. The molecule has 0 amide bonds. The molecule has 0 N–H and O–H groups in total. The Labute approximate surface area is 233 Å². The van der Waals surface area contributed by atoms with Crippen LogP contribution < -0.4 is 24.5 Å². The molecule has 0 fully saturated rings. The van der Waals surface area contributed by atoms with Crippen LogP contribution in [-0.4, -0.2) is 43.3 Å². The highest BCUT2D eigenvalue weighted by molar-refractivity contribution is 5.84. The van der Waals surface area contributed by atoms with Crippen LogP contribution in [0.3, 0.4) is 0 Å². The molecule has 0 saturated heterocycles. The average molecular weight is 541 g/mol. The van der Waals surface area contributed by atoms with Gasteiger partial charge < -0.3 is 18.9 Å². The number of para-hydroxylation sites is 1. The van der Waals surface area contributed by atoms with Gasteiger partial charge in [-0.1, -0.05) is 26.0 Å². The number of hydrogen-bond acceptors (Lipinski definition) is 8. The molecule has 0 bridgehead atoms. The molecule has 4 rings (SSSR count). The summed E-state index contributed by atoms with van der Waals surface area (Å²) in [6.45, 7) is 8.50. The summed E-state index contributed by atoms with van der Waals surface area (Å²) in [5, 5.41) is 14.0. The predicted molar refractivity (Wildman–Crippen MR) is 155 cm³/mol. The quantitative estimate of drug-likeness (QED) is 0.238. The molecule has 40 heavy (non-hydrogen) atoms. The lowest BCUT2D eigenvalue weighted by Crippen LogP contribution is -2.21. The normalized spacial score (nSPS) is 11.2. The molecule has 0 aliphatic heterocycles. The van der Waals surface area contributed by atoms with E-state index >= 15 is 0 Å². The van der Waals surface area contributed by atoms with E-state index in [0.29, 0.717) is 46.1 Å². The molecule has 0 spiro atoms. The van der Waals surface area contributed by atoms with Gasteiger partial charge in [0.1, 0.15) is 11.8 Å². The molecule has 0 unspecified atom stereocenters. The van der Waals surface area contributed by atoms with Crippen molar-refractivity contribution < 1.29 is 18.9 Å². The Morgan fingerprint density at radius 2 is 1.75 bits per heavy atom. The molecule has 1 heterocycles. The number of benzene rings is 3. The Hall–Kier alpha value is -4.84. The van der Waals surface area contributed by atoms with E-state index in [1.165, 1.54) is 25.1 Å². The number of methoxy groups -OCH3 is 2. The van der Waals surface area contributed by atoms with Gasteiger partial charge >= 0.3 is 0 Å². The summed E-state index contributed by atoms with van der Waals surface area (Å²) >= 11 is 0. The molecule has 206 valence electrons. The van der Waals surface area contributed by atoms with Gasteiger partial charge in [-0.2, -0.15) is 15.0 Å². The van der Waals surface area contributed by atoms with Gasteiger partial charge in [0.2, 0.25) is 5.75 Å². The number of aromatic nitrogens is 2. The van der Waals surface area contributed by atoms with E-state index < -0.39 is 0 Å². The summed E-state index contributed by atoms with van der Waals surface area (Å²) in [7, 11) is 2.98. The predicted octanol–water partition coefficient (Wildman–Crippen LogP) is 5.70. The molecular weight excluding hydrogens is 508 g/mol. The van der Waals surface area contributed by atoms with Crippen LogP contribution in [0, 0.1) is 18.3 Å². The van der Waals surface area contributed by atoms with Gasteiger partial charge in [-0.3, -0.25) is 4.79 Å². The molecule has 0 saturated carbocycles. The first kappa shape index (κ1) is 28.2. The zero-order valence-corrected chi connectivity index (χ0v) is 23.5. The fourth-order valence-corrected chi connectivity index (χ4v) is 4.42. The lowest BCUT2D eigenvalue weighted by atomic mass is 9.96. The Morgan fingerprint density at radius 3 is 2.38 bits per heavy atom. The van der Waals surface area contributed by atoms with Crippen molar-refractivity contribution >= 4 is 17.1 Å². The second-order valence-electron chi connectivity index (χ2n) is 9.31. The first-order valence-corrected chi connectivity index (χ1v) is 12.9. The largest absolute Gasteiger partial charge is 0.494 e. The third-order valence-corrected chi connectivity index (χ3v) is 6.36. The van der Waals surface area contributed by atoms with E-state index in [1.54, 1.807) is 24.3 Å². The van der Waals surface area contributed by atoms with Crippen LogP contribution >= 0.6 is 0 Å². The molecule has 1 aromatic heterocycles. The van der Waals surface area contributed by atoms with Crippen molar-refractivity contribution in [2.45, 2.75) is 33.6 Å². The fourth-order valence-electron chi connectivity index (χ4n) is 4.42. The van der Waals surface area contributed by atoms with Crippen LogP contribution in [0.15, 0.2) is 58.4 Å². The van der Waals surface area contributed by atoms with Crippen molar-refractivity contribution in [3.63, 3.8) is 0 Å². The van der Waals surface area contributed by atoms with E-state index in [-0.39, 0.29) is 18.1 Å². The monoisotopic (exact) mass is 540 g/mol. The van der Waals surface area contributed by atoms with Gasteiger partial charge in [-0.15, -0.1) is 0 Å². The molecule has 4 aromatic rings. The number of ether oxygens (including phenoxy) is 4. The number of aryl methyl sites for hydroxylation is 1. The van der Waals surface area contributed by atoms with Gasteiger partial charge in [-0.05, 0) is 67.3 Å². The van der Waals surface area contributed by atoms with Crippen LogP contribution in [-0.2, 0) is 0 Å². The first-order chi connectivity index (χ1) is 19.3. The molecule has 3 aromatic carbocycles. The van der Waals surface area contributed by atoms with Crippen LogP contribution in [0.4, 0.5) is 0 Å². The number of rotatable bonds is 10. The van der Waals surface area contributed by atoms with Crippen LogP contribution in [0.1, 0.15) is 43.4 Å². The van der Waals surface area contributed by atoms with Crippen molar-refractivity contribution in [2.75, 3.05) is 27.4 Å². The summed E-state index contributed by atoms with van der Waals surface area (Å²) in [5.41, 5.74) is 3.57. The van der Waals surface area contributed by atoms with E-state index in [4.69, 9.17) is 29.2 Å².